The van der Waals surface area contributed by atoms with E-state index in [4.69, 9.17) is 0 Å². The van der Waals surface area contributed by atoms with Crippen molar-refractivity contribution >= 4 is 0 Å². The summed E-state index contributed by atoms with van der Waals surface area (Å²) in [4.78, 5) is 0. The van der Waals surface area contributed by atoms with Crippen molar-refractivity contribution in [1.82, 2.24) is 0 Å². The third-order valence-corrected chi connectivity index (χ3v) is 0.865. The van der Waals surface area contributed by atoms with Gasteiger partial charge in [0.25, 0.3) is 0 Å². The summed E-state index contributed by atoms with van der Waals surface area (Å²) in [6.07, 6.45) is 11.7. The first-order valence-corrected chi connectivity index (χ1v) is 3.15. The average Bonchev–Trinajstić information content (AvgIpc) is 1.89. The van der Waals surface area contributed by atoms with Crippen molar-refractivity contribution in [2.75, 3.05) is 0 Å². The minimum Gasteiger partial charge on any atom is -0.0991 e. The predicted molar refractivity (Wildman–Crippen MR) is 43.1 cm³/mol. The Balaban J connectivity index is 3.23. The molecule has 1 radical (unpaired) electrons. The molecule has 0 atom stereocenters. The van der Waals surface area contributed by atoms with Gasteiger partial charge in [-0.1, -0.05) is 43.9 Å². The van der Waals surface area contributed by atoms with Crippen LogP contribution in [0.25, 0.3) is 0 Å². The third kappa shape index (κ3) is 7.22. The highest BCUT2D eigenvalue weighted by atomic mass is 13.7. The molecule has 0 bridgehead atoms. The molecule has 9 heavy (non-hydrogen) atoms. The molecule has 0 N–H and O–H groups in total. The van der Waals surface area contributed by atoms with Gasteiger partial charge in [0.1, 0.15) is 0 Å². The first kappa shape index (κ1) is 8.22. The second-order valence-corrected chi connectivity index (χ2v) is 1.69. The minimum atomic E-state index is 0.971. The fraction of sp³-hybridized carbons (Fsp3) is 0.222. The van der Waals surface area contributed by atoms with Gasteiger partial charge in [-0.2, -0.15) is 0 Å². The molecule has 0 spiro atoms. The van der Waals surface area contributed by atoms with Gasteiger partial charge in [-0.3, -0.25) is 0 Å². The first-order chi connectivity index (χ1) is 4.41. The Bertz CT molecular complexity index is 107. The molecule has 0 aliphatic heterocycles. The first-order valence-electron chi connectivity index (χ1n) is 3.15. The largest absolute Gasteiger partial charge is 0.0991 e. The van der Waals surface area contributed by atoms with Gasteiger partial charge >= 0.3 is 0 Å². The summed E-state index contributed by atoms with van der Waals surface area (Å²) in [5, 5.41) is 0. The summed E-state index contributed by atoms with van der Waals surface area (Å²) in [6, 6.07) is 0. The molecule has 0 saturated heterocycles. The zero-order chi connectivity index (χ0) is 6.95. The van der Waals surface area contributed by atoms with E-state index < -0.39 is 0 Å². The molecular weight excluding hydrogens is 108 g/mol. The van der Waals surface area contributed by atoms with Gasteiger partial charge in [0.05, 0.1) is 0 Å². The Morgan fingerprint density at radius 3 is 2.44 bits per heavy atom. The van der Waals surface area contributed by atoms with Crippen molar-refractivity contribution in [1.29, 1.82) is 0 Å². The summed E-state index contributed by atoms with van der Waals surface area (Å²) < 4.78 is 0. The molecule has 0 fully saturated rings. The summed E-state index contributed by atoms with van der Waals surface area (Å²) in [5.74, 6) is 0. The van der Waals surface area contributed by atoms with Crippen molar-refractivity contribution in [3.8, 4) is 0 Å². The van der Waals surface area contributed by atoms with E-state index in [9.17, 15) is 0 Å². The molecule has 0 rings (SSSR count). The van der Waals surface area contributed by atoms with Crippen LogP contribution in [0.4, 0.5) is 0 Å². The van der Waals surface area contributed by atoms with Gasteiger partial charge < -0.3 is 0 Å². The second-order valence-electron chi connectivity index (χ2n) is 1.69. The van der Waals surface area contributed by atoms with Crippen molar-refractivity contribution < 1.29 is 0 Å². The van der Waals surface area contributed by atoms with Gasteiger partial charge in [0.2, 0.25) is 0 Å². The molecule has 0 aliphatic carbocycles. The van der Waals surface area contributed by atoms with E-state index in [2.05, 4.69) is 19.6 Å². The van der Waals surface area contributed by atoms with Gasteiger partial charge in [0.15, 0.2) is 0 Å². The molecule has 49 valence electrons. The topological polar surface area (TPSA) is 0 Å². The predicted octanol–water partition coefficient (Wildman–Crippen LogP) is 2.90. The monoisotopic (exact) mass is 121 g/mol. The number of allylic oxidation sites excluding steroid dienone is 5. The van der Waals surface area contributed by atoms with Crippen LogP contribution in [0.2, 0.25) is 0 Å². The average molecular weight is 121 g/mol. The minimum absolute atomic E-state index is 0.971. The van der Waals surface area contributed by atoms with Crippen LogP contribution in [0, 0.1) is 6.92 Å². The van der Waals surface area contributed by atoms with Crippen molar-refractivity contribution in [3.63, 3.8) is 0 Å². The van der Waals surface area contributed by atoms with Gasteiger partial charge in [-0.05, 0) is 12.8 Å². The lowest BCUT2D eigenvalue weighted by Crippen LogP contribution is -1.58. The highest BCUT2D eigenvalue weighted by Crippen LogP contribution is 1.87. The zero-order valence-corrected chi connectivity index (χ0v) is 5.72. The number of rotatable bonds is 4. The van der Waals surface area contributed by atoms with Crippen LogP contribution in [0.3, 0.4) is 0 Å². The zero-order valence-electron chi connectivity index (χ0n) is 5.72. The van der Waals surface area contributed by atoms with Crippen molar-refractivity contribution in [3.05, 3.63) is 43.9 Å². The fourth-order valence-electron chi connectivity index (χ4n) is 0.435. The number of hydrogen-bond acceptors (Lipinski definition) is 0. The van der Waals surface area contributed by atoms with Crippen LogP contribution < -0.4 is 0 Å². The SMILES string of the molecule is [CH2]CC/C=C/C=C/C=C. The molecular formula is C9H13. The summed E-state index contributed by atoms with van der Waals surface area (Å²) in [5.41, 5.74) is 0. The molecule has 0 unspecified atom stereocenters. The molecule has 0 aromatic heterocycles. The maximum Gasteiger partial charge on any atom is -0.0348 e. The normalized spacial score (nSPS) is 11.2. The molecule has 0 nitrogen and oxygen atoms in total. The third-order valence-electron chi connectivity index (χ3n) is 0.865. The van der Waals surface area contributed by atoms with Crippen molar-refractivity contribution in [2.45, 2.75) is 12.8 Å². The van der Waals surface area contributed by atoms with E-state index >= 15 is 0 Å². The Hall–Kier alpha value is -0.780. The fourth-order valence-corrected chi connectivity index (χ4v) is 0.435. The van der Waals surface area contributed by atoms with Gasteiger partial charge in [-0.15, -0.1) is 0 Å². The lowest BCUT2D eigenvalue weighted by atomic mass is 10.3. The maximum atomic E-state index is 3.71. The molecule has 0 aliphatic rings. The van der Waals surface area contributed by atoms with Crippen LogP contribution in [-0.2, 0) is 0 Å². The Morgan fingerprint density at radius 1 is 1.11 bits per heavy atom. The molecule has 0 amide bonds. The summed E-state index contributed by atoms with van der Waals surface area (Å²) in [7, 11) is 0. The molecule has 0 heteroatoms. The standard InChI is InChI=1S/C9H13/c1-3-5-7-9-8-6-4-2/h3,5,7-9H,1-2,4,6H2/b7-5+,9-8+. The van der Waals surface area contributed by atoms with E-state index in [1.165, 1.54) is 0 Å². The summed E-state index contributed by atoms with van der Waals surface area (Å²) in [6.45, 7) is 7.25. The number of unbranched alkanes of at least 4 members (excludes halogenated alkanes) is 1. The van der Waals surface area contributed by atoms with Crippen LogP contribution >= 0.6 is 0 Å². The Labute approximate surface area is 57.6 Å². The molecule has 0 aromatic rings. The highest BCUT2D eigenvalue weighted by Gasteiger charge is 1.67. The van der Waals surface area contributed by atoms with Crippen LogP contribution in [0.5, 0.6) is 0 Å². The van der Waals surface area contributed by atoms with E-state index in [0.717, 1.165) is 12.8 Å². The smallest absolute Gasteiger partial charge is 0.0348 e. The summed E-state index contributed by atoms with van der Waals surface area (Å²) >= 11 is 0. The number of hydrogen-bond donors (Lipinski definition) is 0. The second kappa shape index (κ2) is 7.22. The molecule has 0 aromatic carbocycles. The van der Waals surface area contributed by atoms with Crippen LogP contribution in [0.1, 0.15) is 12.8 Å². The highest BCUT2D eigenvalue weighted by molar-refractivity contribution is 5.08. The molecule has 0 saturated carbocycles. The van der Waals surface area contributed by atoms with Crippen molar-refractivity contribution in [2.24, 2.45) is 0 Å². The lowest BCUT2D eigenvalue weighted by Gasteiger charge is -1.78. The maximum absolute atomic E-state index is 3.71. The Morgan fingerprint density at radius 2 is 1.89 bits per heavy atom. The van der Waals surface area contributed by atoms with Gasteiger partial charge in [0, 0.05) is 0 Å². The lowest BCUT2D eigenvalue weighted by molar-refractivity contribution is 1.05. The van der Waals surface area contributed by atoms with Gasteiger partial charge in [-0.25, -0.2) is 0 Å². The van der Waals surface area contributed by atoms with E-state index in [0.29, 0.717) is 0 Å². The van der Waals surface area contributed by atoms with E-state index in [1.807, 2.05) is 18.2 Å². The Kier molecular flexibility index (Phi) is 6.59. The quantitative estimate of drug-likeness (QED) is 0.502. The van der Waals surface area contributed by atoms with Crippen LogP contribution in [0.15, 0.2) is 37.0 Å². The van der Waals surface area contributed by atoms with E-state index in [1.54, 1.807) is 6.08 Å². The molecule has 0 heterocycles. The van der Waals surface area contributed by atoms with E-state index in [-0.39, 0.29) is 0 Å². The van der Waals surface area contributed by atoms with Crippen LogP contribution in [-0.4, -0.2) is 0 Å².